The van der Waals surface area contributed by atoms with Gasteiger partial charge in [0.05, 0.1) is 22.5 Å². The van der Waals surface area contributed by atoms with E-state index < -0.39 is 11.2 Å². The summed E-state index contributed by atoms with van der Waals surface area (Å²) in [5.41, 5.74) is 0.682. The largest absolute Gasteiger partial charge is 0.444 e. The Labute approximate surface area is 187 Å². The number of carbonyl (C=O) groups is 1. The molecule has 170 valence electrons. The average Bonchev–Trinajstić information content (AvgIpc) is 2.65. The Morgan fingerprint density at radius 2 is 1.77 bits per heavy atom. The van der Waals surface area contributed by atoms with Crippen LogP contribution in [0.15, 0.2) is 6.07 Å². The maximum atomic E-state index is 12.1. The normalized spacial score (nSPS) is 15.2. The fraction of sp³-hybridized carbons (Fsp3) is 0.696. The summed E-state index contributed by atoms with van der Waals surface area (Å²) >= 11 is 6.08. The van der Waals surface area contributed by atoms with Crippen molar-refractivity contribution in [3.8, 4) is 6.07 Å². The molecule has 1 aliphatic rings. The molecular formula is C23H38ClN3O3. The molecule has 0 aliphatic carbocycles. The first-order valence-corrected chi connectivity index (χ1v) is 10.9. The van der Waals surface area contributed by atoms with Crippen LogP contribution in [-0.2, 0) is 10.3 Å². The van der Waals surface area contributed by atoms with E-state index in [0.29, 0.717) is 42.3 Å². The number of aromatic nitrogens is 1. The molecule has 0 bridgehead atoms. The number of hydrogen-bond donors (Lipinski definition) is 1. The minimum atomic E-state index is -1.03. The molecule has 1 aliphatic heterocycles. The minimum absolute atomic E-state index is 0.190. The highest BCUT2D eigenvalue weighted by atomic mass is 35.5. The second kappa shape index (κ2) is 12.1. The molecule has 1 amide bonds. The summed E-state index contributed by atoms with van der Waals surface area (Å²) in [4.78, 5) is 18.2. The van der Waals surface area contributed by atoms with Gasteiger partial charge in [0.25, 0.3) is 0 Å². The molecule has 7 heteroatoms. The van der Waals surface area contributed by atoms with Crippen molar-refractivity contribution in [1.29, 1.82) is 5.26 Å². The number of carbonyl (C=O) groups excluding carboxylic acids is 1. The van der Waals surface area contributed by atoms with Gasteiger partial charge in [0.15, 0.2) is 0 Å². The highest BCUT2D eigenvalue weighted by molar-refractivity contribution is 6.31. The molecule has 6 nitrogen and oxygen atoms in total. The lowest BCUT2D eigenvalue weighted by Gasteiger charge is -2.39. The molecule has 0 spiro atoms. The first-order chi connectivity index (χ1) is 13.8. The first-order valence-electron chi connectivity index (χ1n) is 10.5. The van der Waals surface area contributed by atoms with Crippen molar-refractivity contribution in [2.45, 2.75) is 86.4 Å². The number of halogens is 1. The zero-order chi connectivity index (χ0) is 23.7. The van der Waals surface area contributed by atoms with Crippen LogP contribution in [0.1, 0.15) is 78.3 Å². The number of pyridine rings is 1. The molecule has 0 unspecified atom stereocenters. The summed E-state index contributed by atoms with van der Waals surface area (Å²) in [5.74, 6) is 0.190. The number of piperidine rings is 1. The van der Waals surface area contributed by atoms with Crippen LogP contribution < -0.4 is 0 Å². The van der Waals surface area contributed by atoms with Crippen LogP contribution in [0.25, 0.3) is 0 Å². The number of rotatable bonds is 1. The summed E-state index contributed by atoms with van der Waals surface area (Å²) < 4.78 is 5.38. The van der Waals surface area contributed by atoms with Crippen LogP contribution in [-0.4, -0.2) is 39.8 Å². The number of nitriles is 1. The van der Waals surface area contributed by atoms with Gasteiger partial charge in [0.1, 0.15) is 11.2 Å². The van der Waals surface area contributed by atoms with Gasteiger partial charge in [-0.25, -0.2) is 4.79 Å². The molecule has 2 heterocycles. The van der Waals surface area contributed by atoms with Gasteiger partial charge < -0.3 is 14.7 Å². The second-order valence-electron chi connectivity index (χ2n) is 8.50. The van der Waals surface area contributed by atoms with Crippen molar-refractivity contribution in [2.24, 2.45) is 5.92 Å². The maximum absolute atomic E-state index is 12.1. The zero-order valence-electron chi connectivity index (χ0n) is 20.0. The smallest absolute Gasteiger partial charge is 0.410 e. The molecule has 0 atom stereocenters. The number of ether oxygens (including phenoxy) is 1. The van der Waals surface area contributed by atoms with Crippen LogP contribution in [0.3, 0.4) is 0 Å². The van der Waals surface area contributed by atoms with Crippen molar-refractivity contribution in [3.63, 3.8) is 0 Å². The highest BCUT2D eigenvalue weighted by Crippen LogP contribution is 2.35. The molecule has 1 saturated heterocycles. The van der Waals surface area contributed by atoms with E-state index >= 15 is 0 Å². The number of amides is 1. The molecule has 30 heavy (non-hydrogen) atoms. The Bertz CT molecular complexity index is 728. The lowest BCUT2D eigenvalue weighted by atomic mass is 9.85. The first kappa shape index (κ1) is 28.2. The monoisotopic (exact) mass is 439 g/mol. The number of aliphatic hydroxyl groups is 1. The predicted octanol–water partition coefficient (Wildman–Crippen LogP) is 5.76. The van der Waals surface area contributed by atoms with Crippen molar-refractivity contribution >= 4 is 17.7 Å². The molecule has 0 radical (unpaired) electrons. The standard InChI is InChI=1S/C17H25ClN2O3.C4H7N.C2H6/c1-11-10-13(18)12(2)19-14(11)17(22)6-8-20(9-7-17)15(21)23-16(3,4)5;1-4(2)3-5;1-2/h10,22H,6-9H2,1-5H3;4H,1-2H3;1-2H3. The Morgan fingerprint density at radius 3 is 2.17 bits per heavy atom. The van der Waals surface area contributed by atoms with E-state index in [1.165, 1.54) is 0 Å². The van der Waals surface area contributed by atoms with Gasteiger partial charge in [-0.1, -0.05) is 25.4 Å². The third kappa shape index (κ3) is 8.89. The maximum Gasteiger partial charge on any atom is 0.410 e. The van der Waals surface area contributed by atoms with E-state index in [2.05, 4.69) is 4.98 Å². The molecular weight excluding hydrogens is 402 g/mol. The Hall–Kier alpha value is -1.84. The highest BCUT2D eigenvalue weighted by Gasteiger charge is 2.39. The molecule has 1 fully saturated rings. The number of likely N-dealkylation sites (tertiary alicyclic amines) is 1. The Kier molecular flexibility index (Phi) is 11.4. The fourth-order valence-corrected chi connectivity index (χ4v) is 2.97. The van der Waals surface area contributed by atoms with Crippen molar-refractivity contribution in [1.82, 2.24) is 9.88 Å². The second-order valence-corrected chi connectivity index (χ2v) is 8.91. The molecule has 1 aromatic rings. The summed E-state index contributed by atoms with van der Waals surface area (Å²) in [5, 5.41) is 19.5. The molecule has 0 aromatic carbocycles. The van der Waals surface area contributed by atoms with Gasteiger partial charge >= 0.3 is 6.09 Å². The van der Waals surface area contributed by atoms with Gasteiger partial charge in [-0.15, -0.1) is 0 Å². The fourth-order valence-electron chi connectivity index (χ4n) is 2.77. The van der Waals surface area contributed by atoms with Gasteiger partial charge in [0, 0.05) is 19.0 Å². The van der Waals surface area contributed by atoms with Crippen LogP contribution in [0.4, 0.5) is 4.79 Å². The Morgan fingerprint density at radius 1 is 1.30 bits per heavy atom. The van der Waals surface area contributed by atoms with Gasteiger partial charge in [-0.05, 0) is 72.9 Å². The van der Waals surface area contributed by atoms with Crippen LogP contribution in [0.2, 0.25) is 5.02 Å². The van der Waals surface area contributed by atoms with Crippen LogP contribution in [0, 0.1) is 31.1 Å². The van der Waals surface area contributed by atoms with E-state index in [-0.39, 0.29) is 12.0 Å². The third-order valence-electron chi connectivity index (χ3n) is 4.28. The molecule has 1 aromatic heterocycles. The summed E-state index contributed by atoms with van der Waals surface area (Å²) in [6, 6.07) is 3.86. The SMILES string of the molecule is CC.CC(C)C#N.Cc1cc(Cl)c(C)nc1C1(O)CCN(C(=O)OC(C)(C)C)CC1. The minimum Gasteiger partial charge on any atom is -0.444 e. The van der Waals surface area contributed by atoms with Crippen molar-refractivity contribution in [2.75, 3.05) is 13.1 Å². The Balaban J connectivity index is 0.00000105. The van der Waals surface area contributed by atoms with E-state index in [0.717, 1.165) is 5.56 Å². The van der Waals surface area contributed by atoms with Crippen molar-refractivity contribution in [3.05, 3.63) is 28.0 Å². The average molecular weight is 440 g/mol. The van der Waals surface area contributed by atoms with E-state index in [1.807, 2.05) is 74.4 Å². The third-order valence-corrected chi connectivity index (χ3v) is 4.67. The lowest BCUT2D eigenvalue weighted by Crippen LogP contribution is -2.47. The molecule has 0 saturated carbocycles. The predicted molar refractivity (Wildman–Crippen MR) is 121 cm³/mol. The number of nitrogens with zero attached hydrogens (tertiary/aromatic N) is 3. The van der Waals surface area contributed by atoms with Gasteiger partial charge in [0.2, 0.25) is 0 Å². The van der Waals surface area contributed by atoms with E-state index in [9.17, 15) is 9.90 Å². The van der Waals surface area contributed by atoms with Crippen LogP contribution in [0.5, 0.6) is 0 Å². The quantitative estimate of drug-likeness (QED) is 0.600. The van der Waals surface area contributed by atoms with E-state index in [1.54, 1.807) is 4.90 Å². The van der Waals surface area contributed by atoms with Gasteiger partial charge in [-0.3, -0.25) is 4.98 Å². The van der Waals surface area contributed by atoms with Crippen molar-refractivity contribution < 1.29 is 14.6 Å². The molecule has 2 rings (SSSR count). The topological polar surface area (TPSA) is 86.5 Å². The summed E-state index contributed by atoms with van der Waals surface area (Å²) in [7, 11) is 0. The zero-order valence-corrected chi connectivity index (χ0v) is 20.7. The van der Waals surface area contributed by atoms with Crippen LogP contribution >= 0.6 is 11.6 Å². The lowest BCUT2D eigenvalue weighted by molar-refractivity contribution is -0.0385. The summed E-state index contributed by atoms with van der Waals surface area (Å²) in [6.45, 7) is 17.8. The summed E-state index contributed by atoms with van der Waals surface area (Å²) in [6.07, 6.45) is 0.527. The van der Waals surface area contributed by atoms with E-state index in [4.69, 9.17) is 21.6 Å². The molecule has 1 N–H and O–H groups in total. The number of hydrogen-bond acceptors (Lipinski definition) is 5. The number of aryl methyl sites for hydroxylation is 2. The van der Waals surface area contributed by atoms with Gasteiger partial charge in [-0.2, -0.15) is 5.26 Å².